The standard InChI is InChI=1S/C18H18O7/c1-9(10-7-13(20)25-8-10)18(24-3)11-5-4-6-12(19)14(11)15(21)16(22)17(18)23-2/h4-7,9,19,22H,8H2,1-3H3/t9-,18-/m0/s1. The number of ether oxygens (including phenoxy) is 3. The molecule has 3 rings (SSSR count). The molecule has 1 aromatic rings. The Morgan fingerprint density at radius 1 is 1.24 bits per heavy atom. The molecule has 1 aromatic carbocycles. The van der Waals surface area contributed by atoms with Crippen molar-refractivity contribution in [2.24, 2.45) is 5.92 Å². The summed E-state index contributed by atoms with van der Waals surface area (Å²) in [4.78, 5) is 24.0. The highest BCUT2D eigenvalue weighted by Crippen LogP contribution is 2.50. The van der Waals surface area contributed by atoms with Gasteiger partial charge in [0.2, 0.25) is 11.5 Å². The Morgan fingerprint density at radius 3 is 2.52 bits per heavy atom. The summed E-state index contributed by atoms with van der Waals surface area (Å²) < 4.78 is 16.1. The molecule has 2 N–H and O–H groups in total. The van der Waals surface area contributed by atoms with Crippen LogP contribution < -0.4 is 0 Å². The summed E-state index contributed by atoms with van der Waals surface area (Å²) in [5.41, 5.74) is -0.485. The summed E-state index contributed by atoms with van der Waals surface area (Å²) in [6, 6.07) is 4.55. The van der Waals surface area contributed by atoms with E-state index in [-0.39, 0.29) is 23.7 Å². The number of carbonyl (C=O) groups excluding carboxylic acids is 2. The topological polar surface area (TPSA) is 102 Å². The lowest BCUT2D eigenvalue weighted by Gasteiger charge is -2.42. The maximum atomic E-state index is 12.5. The summed E-state index contributed by atoms with van der Waals surface area (Å²) in [6.07, 6.45) is 1.36. The van der Waals surface area contributed by atoms with Crippen molar-refractivity contribution in [2.75, 3.05) is 20.8 Å². The van der Waals surface area contributed by atoms with Crippen LogP contribution >= 0.6 is 0 Å². The van der Waals surface area contributed by atoms with E-state index in [2.05, 4.69) is 0 Å². The molecule has 2 aliphatic rings. The Hall–Kier alpha value is -2.80. The SMILES string of the molecule is COC1=C(O)C(=O)c2c(O)cccc2[C@@]1(OC)[C@@H](C)C1=CC(=O)OC1. The number of Topliss-reactive ketones (excluding diaryl/α,β-unsaturated/α-hetero) is 1. The van der Waals surface area contributed by atoms with Crippen molar-refractivity contribution in [1.29, 1.82) is 0 Å². The van der Waals surface area contributed by atoms with Gasteiger partial charge in [0.05, 0.1) is 12.7 Å². The molecule has 0 bridgehead atoms. The van der Waals surface area contributed by atoms with Crippen LogP contribution in [0.2, 0.25) is 0 Å². The third-order valence-electron chi connectivity index (χ3n) is 4.81. The molecule has 0 fully saturated rings. The highest BCUT2D eigenvalue weighted by Gasteiger charge is 2.53. The molecule has 1 aliphatic heterocycles. The fourth-order valence-electron chi connectivity index (χ4n) is 3.57. The number of hydrogen-bond donors (Lipinski definition) is 2. The van der Waals surface area contributed by atoms with Crippen molar-refractivity contribution in [3.05, 3.63) is 52.5 Å². The van der Waals surface area contributed by atoms with Crippen LogP contribution in [0, 0.1) is 5.92 Å². The predicted molar refractivity (Wildman–Crippen MR) is 86.0 cm³/mol. The summed E-state index contributed by atoms with van der Waals surface area (Å²) in [5, 5.41) is 20.6. The van der Waals surface area contributed by atoms with Crippen LogP contribution in [0.1, 0.15) is 22.8 Å². The van der Waals surface area contributed by atoms with Crippen LogP contribution in [0.3, 0.4) is 0 Å². The Kier molecular flexibility index (Phi) is 4.04. The lowest BCUT2D eigenvalue weighted by molar-refractivity contribution is -0.135. The van der Waals surface area contributed by atoms with Crippen molar-refractivity contribution in [2.45, 2.75) is 12.5 Å². The number of aromatic hydroxyl groups is 1. The number of ketones is 1. The first-order chi connectivity index (χ1) is 11.9. The van der Waals surface area contributed by atoms with Gasteiger partial charge in [-0.25, -0.2) is 4.79 Å². The Bertz CT molecular complexity index is 821. The second kappa shape index (κ2) is 5.93. The largest absolute Gasteiger partial charge is 0.507 e. The van der Waals surface area contributed by atoms with Crippen LogP contribution in [-0.4, -0.2) is 42.8 Å². The number of phenols is 1. The number of aliphatic hydroxyl groups is 1. The van der Waals surface area contributed by atoms with Gasteiger partial charge in [-0.15, -0.1) is 0 Å². The van der Waals surface area contributed by atoms with Gasteiger partial charge in [0.25, 0.3) is 0 Å². The maximum Gasteiger partial charge on any atom is 0.331 e. The van der Waals surface area contributed by atoms with Crippen LogP contribution in [0.4, 0.5) is 0 Å². The molecule has 0 radical (unpaired) electrons. The quantitative estimate of drug-likeness (QED) is 0.804. The number of benzene rings is 1. The Balaban J connectivity index is 2.32. The third kappa shape index (κ3) is 2.23. The zero-order chi connectivity index (χ0) is 18.4. The van der Waals surface area contributed by atoms with Gasteiger partial charge in [0.1, 0.15) is 12.4 Å². The van der Waals surface area contributed by atoms with Crippen LogP contribution in [0.25, 0.3) is 0 Å². The smallest absolute Gasteiger partial charge is 0.331 e. The summed E-state index contributed by atoms with van der Waals surface area (Å²) in [6.45, 7) is 1.85. The van der Waals surface area contributed by atoms with E-state index in [0.29, 0.717) is 11.1 Å². The lowest BCUT2D eigenvalue weighted by atomic mass is 9.71. The van der Waals surface area contributed by atoms with E-state index >= 15 is 0 Å². The van der Waals surface area contributed by atoms with Gasteiger partial charge in [-0.3, -0.25) is 4.79 Å². The molecule has 7 nitrogen and oxygen atoms in total. The molecule has 0 amide bonds. The molecular weight excluding hydrogens is 328 g/mol. The number of aliphatic hydroxyl groups excluding tert-OH is 1. The van der Waals surface area contributed by atoms with E-state index in [1.807, 2.05) is 0 Å². The minimum absolute atomic E-state index is 0.0552. The molecule has 7 heteroatoms. The van der Waals surface area contributed by atoms with E-state index in [9.17, 15) is 19.8 Å². The second-order valence-corrected chi connectivity index (χ2v) is 5.90. The summed E-state index contributed by atoms with van der Waals surface area (Å²) in [5.74, 6) is -2.73. The molecule has 0 saturated carbocycles. The number of rotatable bonds is 4. The molecule has 132 valence electrons. The molecule has 0 spiro atoms. The van der Waals surface area contributed by atoms with E-state index < -0.39 is 29.0 Å². The molecule has 1 aliphatic carbocycles. The molecule has 25 heavy (non-hydrogen) atoms. The van der Waals surface area contributed by atoms with Crippen molar-refractivity contribution in [3.8, 4) is 5.75 Å². The van der Waals surface area contributed by atoms with E-state index in [1.54, 1.807) is 19.1 Å². The highest BCUT2D eigenvalue weighted by atomic mass is 16.5. The van der Waals surface area contributed by atoms with Crippen molar-refractivity contribution >= 4 is 11.8 Å². The van der Waals surface area contributed by atoms with Gasteiger partial charge in [0.15, 0.2) is 11.4 Å². The highest BCUT2D eigenvalue weighted by molar-refractivity contribution is 6.12. The third-order valence-corrected chi connectivity index (χ3v) is 4.81. The minimum atomic E-state index is -1.40. The normalized spacial score (nSPS) is 23.9. The summed E-state index contributed by atoms with van der Waals surface area (Å²) in [7, 11) is 2.72. The fraction of sp³-hybridized carbons (Fsp3) is 0.333. The van der Waals surface area contributed by atoms with E-state index in [4.69, 9.17) is 14.2 Å². The van der Waals surface area contributed by atoms with Gasteiger partial charge < -0.3 is 24.4 Å². The Labute approximate surface area is 144 Å². The van der Waals surface area contributed by atoms with Crippen LogP contribution in [-0.2, 0) is 24.6 Å². The molecular formula is C18H18O7. The maximum absolute atomic E-state index is 12.5. The van der Waals surface area contributed by atoms with Gasteiger partial charge in [-0.2, -0.15) is 0 Å². The number of phenolic OH excluding ortho intramolecular Hbond substituents is 1. The number of cyclic esters (lactones) is 1. The number of hydrogen-bond acceptors (Lipinski definition) is 7. The zero-order valence-electron chi connectivity index (χ0n) is 14.0. The number of carbonyl (C=O) groups is 2. The average molecular weight is 346 g/mol. The van der Waals surface area contributed by atoms with Crippen molar-refractivity contribution < 1.29 is 34.0 Å². The molecule has 2 atom stereocenters. The van der Waals surface area contributed by atoms with Gasteiger partial charge >= 0.3 is 5.97 Å². The fourth-order valence-corrected chi connectivity index (χ4v) is 3.57. The Morgan fingerprint density at radius 2 is 1.96 bits per heavy atom. The van der Waals surface area contributed by atoms with Gasteiger partial charge in [-0.05, 0) is 11.6 Å². The van der Waals surface area contributed by atoms with E-state index in [0.717, 1.165) is 0 Å². The first-order valence-electron chi connectivity index (χ1n) is 7.65. The molecule has 0 unspecified atom stereocenters. The number of allylic oxidation sites excluding steroid dienone is 1. The predicted octanol–water partition coefficient (Wildman–Crippen LogP) is 1.97. The van der Waals surface area contributed by atoms with Crippen molar-refractivity contribution in [1.82, 2.24) is 0 Å². The first-order valence-corrected chi connectivity index (χ1v) is 7.65. The van der Waals surface area contributed by atoms with Gasteiger partial charge in [0, 0.05) is 24.7 Å². The molecule has 1 heterocycles. The second-order valence-electron chi connectivity index (χ2n) is 5.90. The van der Waals surface area contributed by atoms with Crippen LogP contribution in [0.15, 0.2) is 41.4 Å². The number of esters is 1. The first kappa shape index (κ1) is 17.0. The number of methoxy groups -OCH3 is 2. The molecule has 0 aromatic heterocycles. The summed E-state index contributed by atoms with van der Waals surface area (Å²) >= 11 is 0. The van der Waals surface area contributed by atoms with Crippen LogP contribution in [0.5, 0.6) is 5.75 Å². The average Bonchev–Trinajstić information content (AvgIpc) is 3.03. The molecule has 0 saturated heterocycles. The monoisotopic (exact) mass is 346 g/mol. The lowest BCUT2D eigenvalue weighted by Crippen LogP contribution is -2.45. The van der Waals surface area contributed by atoms with Gasteiger partial charge in [-0.1, -0.05) is 19.1 Å². The minimum Gasteiger partial charge on any atom is -0.507 e. The van der Waals surface area contributed by atoms with E-state index in [1.165, 1.54) is 26.4 Å². The number of fused-ring (bicyclic) bond motifs is 1. The zero-order valence-corrected chi connectivity index (χ0v) is 14.0. The van der Waals surface area contributed by atoms with Crippen molar-refractivity contribution in [3.63, 3.8) is 0 Å².